The zero-order valence-electron chi connectivity index (χ0n) is 9.67. The van der Waals surface area contributed by atoms with Crippen LogP contribution in [0.15, 0.2) is 30.9 Å². The van der Waals surface area contributed by atoms with Gasteiger partial charge in [-0.1, -0.05) is 0 Å². The van der Waals surface area contributed by atoms with Crippen LogP contribution < -0.4 is 4.74 Å². The highest BCUT2D eigenvalue weighted by atomic mass is 16.5. The largest absolute Gasteiger partial charge is 0.486 e. The van der Waals surface area contributed by atoms with Gasteiger partial charge in [-0.25, -0.2) is 4.98 Å². The number of rotatable bonds is 3. The maximum absolute atomic E-state index is 5.68. The molecule has 17 heavy (non-hydrogen) atoms. The van der Waals surface area contributed by atoms with Crippen molar-refractivity contribution in [2.75, 3.05) is 0 Å². The lowest BCUT2D eigenvalue weighted by atomic mass is 10.1. The van der Waals surface area contributed by atoms with Gasteiger partial charge in [-0.15, -0.1) is 0 Å². The number of aromatic nitrogens is 3. The molecule has 3 heterocycles. The van der Waals surface area contributed by atoms with Crippen molar-refractivity contribution in [3.05, 3.63) is 42.2 Å². The molecule has 1 aliphatic heterocycles. The lowest BCUT2D eigenvalue weighted by Gasteiger charge is -2.15. The van der Waals surface area contributed by atoms with E-state index in [9.17, 15) is 0 Å². The molecule has 0 spiro atoms. The highest BCUT2D eigenvalue weighted by molar-refractivity contribution is 5.18. The van der Waals surface area contributed by atoms with E-state index in [0.29, 0.717) is 6.61 Å². The third-order valence-electron chi connectivity index (χ3n) is 3.11. The molecule has 4 nitrogen and oxygen atoms in total. The van der Waals surface area contributed by atoms with Crippen molar-refractivity contribution >= 4 is 0 Å². The molecule has 2 aromatic heterocycles. The Morgan fingerprint density at radius 3 is 3.24 bits per heavy atom. The van der Waals surface area contributed by atoms with Crippen molar-refractivity contribution < 1.29 is 4.74 Å². The topological polar surface area (TPSA) is 39.9 Å². The summed E-state index contributed by atoms with van der Waals surface area (Å²) in [6.45, 7) is 1.63. The van der Waals surface area contributed by atoms with E-state index >= 15 is 0 Å². The predicted octanol–water partition coefficient (Wildman–Crippen LogP) is 2.19. The molecular weight excluding hydrogens is 214 g/mol. The first-order valence-electron chi connectivity index (χ1n) is 5.99. The van der Waals surface area contributed by atoms with Crippen LogP contribution in [0, 0.1) is 0 Å². The highest BCUT2D eigenvalue weighted by Crippen LogP contribution is 2.19. The number of hydrogen-bond donors (Lipinski definition) is 0. The Hall–Kier alpha value is -1.84. The third-order valence-corrected chi connectivity index (χ3v) is 3.11. The van der Waals surface area contributed by atoms with Gasteiger partial charge in [0.15, 0.2) is 0 Å². The molecule has 0 saturated heterocycles. The molecule has 0 amide bonds. The van der Waals surface area contributed by atoms with Crippen molar-refractivity contribution in [1.29, 1.82) is 0 Å². The SMILES string of the molecule is c1cncc(OCc2ncn3c2CCCC3)c1. The molecule has 0 fully saturated rings. The van der Waals surface area contributed by atoms with Gasteiger partial charge < -0.3 is 9.30 Å². The van der Waals surface area contributed by atoms with Gasteiger partial charge >= 0.3 is 0 Å². The second-order valence-electron chi connectivity index (χ2n) is 4.27. The van der Waals surface area contributed by atoms with E-state index in [2.05, 4.69) is 14.5 Å². The second kappa shape index (κ2) is 4.57. The Kier molecular flexibility index (Phi) is 2.78. The summed E-state index contributed by atoms with van der Waals surface area (Å²) in [5, 5.41) is 0. The smallest absolute Gasteiger partial charge is 0.138 e. The van der Waals surface area contributed by atoms with Gasteiger partial charge in [0.05, 0.1) is 18.2 Å². The van der Waals surface area contributed by atoms with Crippen LogP contribution in [-0.2, 0) is 19.6 Å². The van der Waals surface area contributed by atoms with E-state index in [1.54, 1.807) is 12.4 Å². The Bertz CT molecular complexity index is 493. The molecule has 0 aliphatic carbocycles. The minimum Gasteiger partial charge on any atom is -0.486 e. The van der Waals surface area contributed by atoms with Crippen LogP contribution >= 0.6 is 0 Å². The quantitative estimate of drug-likeness (QED) is 0.810. The molecule has 1 aliphatic rings. The van der Waals surface area contributed by atoms with Crippen molar-refractivity contribution in [2.24, 2.45) is 0 Å². The van der Waals surface area contributed by atoms with Gasteiger partial charge in [-0.3, -0.25) is 4.98 Å². The molecule has 0 bridgehead atoms. The van der Waals surface area contributed by atoms with Crippen LogP contribution in [0.3, 0.4) is 0 Å². The summed E-state index contributed by atoms with van der Waals surface area (Å²) in [5.74, 6) is 0.796. The average Bonchev–Trinajstić information content (AvgIpc) is 2.81. The van der Waals surface area contributed by atoms with Crippen molar-refractivity contribution in [3.63, 3.8) is 0 Å². The van der Waals surface area contributed by atoms with Crippen molar-refractivity contribution in [1.82, 2.24) is 14.5 Å². The van der Waals surface area contributed by atoms with Crippen LogP contribution in [0.5, 0.6) is 5.75 Å². The van der Waals surface area contributed by atoms with Crippen LogP contribution in [0.4, 0.5) is 0 Å². The van der Waals surface area contributed by atoms with Crippen molar-refractivity contribution in [2.45, 2.75) is 32.4 Å². The monoisotopic (exact) mass is 229 g/mol. The first kappa shape index (κ1) is 10.3. The molecule has 2 aromatic rings. The summed E-state index contributed by atoms with van der Waals surface area (Å²) in [4.78, 5) is 8.45. The van der Waals surface area contributed by atoms with Crippen LogP contribution in [0.2, 0.25) is 0 Å². The Labute approximate surface area is 100 Å². The molecule has 0 radical (unpaired) electrons. The normalized spacial score (nSPS) is 14.4. The first-order chi connectivity index (χ1) is 8.43. The zero-order valence-corrected chi connectivity index (χ0v) is 9.67. The molecule has 88 valence electrons. The van der Waals surface area contributed by atoms with Crippen LogP contribution in [0.25, 0.3) is 0 Å². The maximum atomic E-state index is 5.68. The molecule has 0 saturated carbocycles. The van der Waals surface area contributed by atoms with Gasteiger partial charge in [-0.05, 0) is 31.4 Å². The molecule has 0 atom stereocenters. The molecule has 4 heteroatoms. The molecular formula is C13H15N3O. The number of imidazole rings is 1. The van der Waals surface area contributed by atoms with Crippen LogP contribution in [0.1, 0.15) is 24.2 Å². The minimum atomic E-state index is 0.536. The highest BCUT2D eigenvalue weighted by Gasteiger charge is 2.14. The summed E-state index contributed by atoms with van der Waals surface area (Å²) in [5.41, 5.74) is 2.40. The number of nitrogens with zero attached hydrogens (tertiary/aromatic N) is 3. The first-order valence-corrected chi connectivity index (χ1v) is 5.99. The third kappa shape index (κ3) is 2.16. The number of aryl methyl sites for hydroxylation is 1. The summed E-state index contributed by atoms with van der Waals surface area (Å²) in [6.07, 6.45) is 9.02. The molecule has 0 unspecified atom stereocenters. The van der Waals surface area contributed by atoms with Gasteiger partial charge in [0.1, 0.15) is 12.4 Å². The van der Waals surface area contributed by atoms with E-state index in [1.807, 2.05) is 18.5 Å². The number of pyridine rings is 1. The Morgan fingerprint density at radius 2 is 2.35 bits per heavy atom. The van der Waals surface area contributed by atoms with Gasteiger partial charge in [-0.2, -0.15) is 0 Å². The van der Waals surface area contributed by atoms with Gasteiger partial charge in [0.25, 0.3) is 0 Å². The summed E-state index contributed by atoms with van der Waals surface area (Å²) in [6, 6.07) is 3.79. The lowest BCUT2D eigenvalue weighted by molar-refractivity contribution is 0.298. The average molecular weight is 229 g/mol. The fraction of sp³-hybridized carbons (Fsp3) is 0.385. The predicted molar refractivity (Wildman–Crippen MR) is 63.7 cm³/mol. The van der Waals surface area contributed by atoms with Gasteiger partial charge in [0, 0.05) is 18.4 Å². The second-order valence-corrected chi connectivity index (χ2v) is 4.27. The minimum absolute atomic E-state index is 0.536. The Balaban J connectivity index is 1.71. The van der Waals surface area contributed by atoms with Crippen LogP contribution in [-0.4, -0.2) is 14.5 Å². The lowest BCUT2D eigenvalue weighted by Crippen LogP contribution is -2.11. The standard InChI is InChI=1S/C13H15N3O/c1-2-7-16-10-15-12(13(16)5-1)9-17-11-4-3-6-14-8-11/h3-4,6,8,10H,1-2,5,7,9H2. The Morgan fingerprint density at radius 1 is 1.35 bits per heavy atom. The number of hydrogen-bond acceptors (Lipinski definition) is 3. The fourth-order valence-corrected chi connectivity index (χ4v) is 2.21. The molecule has 3 rings (SSSR count). The van der Waals surface area contributed by atoms with E-state index < -0.39 is 0 Å². The van der Waals surface area contributed by atoms with Crippen molar-refractivity contribution in [3.8, 4) is 5.75 Å². The van der Waals surface area contributed by atoms with E-state index in [-0.39, 0.29) is 0 Å². The number of fused-ring (bicyclic) bond motifs is 1. The number of ether oxygens (including phenoxy) is 1. The molecule has 0 aromatic carbocycles. The summed E-state index contributed by atoms with van der Waals surface area (Å²) < 4.78 is 7.92. The van der Waals surface area contributed by atoms with E-state index in [4.69, 9.17) is 4.74 Å². The summed E-state index contributed by atoms with van der Waals surface area (Å²) >= 11 is 0. The van der Waals surface area contributed by atoms with E-state index in [1.165, 1.54) is 18.5 Å². The zero-order chi connectivity index (χ0) is 11.5. The fourth-order valence-electron chi connectivity index (χ4n) is 2.21. The summed E-state index contributed by atoms with van der Waals surface area (Å²) in [7, 11) is 0. The van der Waals surface area contributed by atoms with Gasteiger partial charge in [0.2, 0.25) is 0 Å². The van der Waals surface area contributed by atoms with E-state index in [0.717, 1.165) is 24.4 Å². The molecule has 0 N–H and O–H groups in total. The maximum Gasteiger partial charge on any atom is 0.138 e.